The van der Waals surface area contributed by atoms with Crippen LogP contribution in [0.5, 0.6) is 11.5 Å². The van der Waals surface area contributed by atoms with E-state index in [2.05, 4.69) is 0 Å². The number of hydrogen-bond acceptors (Lipinski definition) is 5. The van der Waals surface area contributed by atoms with Crippen molar-refractivity contribution in [1.29, 1.82) is 0 Å². The second kappa shape index (κ2) is 7.64. The Balaban J connectivity index is 2.13. The number of methoxy groups -OCH3 is 2. The van der Waals surface area contributed by atoms with Gasteiger partial charge in [-0.05, 0) is 36.1 Å². The van der Waals surface area contributed by atoms with E-state index in [1.807, 2.05) is 12.1 Å². The van der Waals surface area contributed by atoms with E-state index in [0.717, 1.165) is 41.5 Å². The number of rotatable bonds is 4. The van der Waals surface area contributed by atoms with Gasteiger partial charge in [-0.15, -0.1) is 0 Å². The van der Waals surface area contributed by atoms with Crippen LogP contribution in [0.2, 0.25) is 10.0 Å². The summed E-state index contributed by atoms with van der Waals surface area (Å²) in [4.78, 5) is 19.7. The topological polar surface area (TPSA) is 68.2 Å². The number of benzene rings is 2. The quantitative estimate of drug-likeness (QED) is 0.588. The zero-order chi connectivity index (χ0) is 20.1. The second-order valence-electron chi connectivity index (χ2n) is 7.08. The molecule has 4 rings (SSSR count). The Kier molecular flexibility index (Phi) is 5.51. The van der Waals surface area contributed by atoms with Gasteiger partial charge in [-0.25, -0.2) is 0 Å². The van der Waals surface area contributed by atoms with Crippen molar-refractivity contribution in [3.05, 3.63) is 45.4 Å². The van der Waals surface area contributed by atoms with Gasteiger partial charge in [0.05, 0.1) is 24.3 Å². The summed E-state index contributed by atoms with van der Waals surface area (Å²) in [7, 11) is 0.581. The molecule has 2 aliphatic rings. The third-order valence-corrected chi connectivity index (χ3v) is 6.92. The summed E-state index contributed by atoms with van der Waals surface area (Å²) in [6.07, 6.45) is 3.46. The lowest BCUT2D eigenvalue weighted by Crippen LogP contribution is -2.41. The number of ether oxygens (including phenoxy) is 2. The molecule has 1 fully saturated rings. The van der Waals surface area contributed by atoms with Gasteiger partial charge in [0.2, 0.25) is 0 Å². The van der Waals surface area contributed by atoms with E-state index in [0.29, 0.717) is 28.0 Å². The molecule has 1 saturated carbocycles. The molecule has 1 unspecified atom stereocenters. The third-order valence-electron chi connectivity index (χ3n) is 5.84. The largest absolute Gasteiger partial charge is 0.495 e. The van der Waals surface area contributed by atoms with Crippen LogP contribution in [0.15, 0.2) is 24.3 Å². The summed E-state index contributed by atoms with van der Waals surface area (Å²) in [6.45, 7) is 0. The van der Waals surface area contributed by atoms with Crippen molar-refractivity contribution in [3.8, 4) is 22.6 Å². The minimum absolute atomic E-state index is 0.0647. The molecule has 0 aliphatic heterocycles. The molecule has 28 heavy (non-hydrogen) atoms. The molecule has 0 spiro atoms. The predicted octanol–water partition coefficient (Wildman–Crippen LogP) is 5.77. The molecule has 0 aromatic heterocycles. The molecule has 0 saturated heterocycles. The van der Waals surface area contributed by atoms with Gasteiger partial charge in [0, 0.05) is 17.0 Å². The molecule has 2 atom stereocenters. The minimum atomic E-state index is -2.56. The molecule has 0 heterocycles. The Bertz CT molecular complexity index is 920. The predicted molar refractivity (Wildman–Crippen MR) is 110 cm³/mol. The average molecular weight is 443 g/mol. The van der Waals surface area contributed by atoms with Crippen molar-refractivity contribution in [1.82, 2.24) is 0 Å². The average Bonchev–Trinajstić information content (AvgIpc) is 2.67. The zero-order valence-corrected chi connectivity index (χ0v) is 17.9. The van der Waals surface area contributed by atoms with Gasteiger partial charge in [-0.3, -0.25) is 0 Å². The lowest BCUT2D eigenvalue weighted by atomic mass is 9.62. The number of halogens is 2. The van der Waals surface area contributed by atoms with Gasteiger partial charge >= 0.3 is 8.60 Å². The zero-order valence-electron chi connectivity index (χ0n) is 15.5. The molecule has 5 nitrogen and oxygen atoms in total. The van der Waals surface area contributed by atoms with Gasteiger partial charge in [-0.2, -0.15) is 0 Å². The maximum Gasteiger partial charge on any atom is 0.327 e. The maximum atomic E-state index is 9.83. The Morgan fingerprint density at radius 1 is 0.964 bits per heavy atom. The van der Waals surface area contributed by atoms with Crippen LogP contribution >= 0.6 is 31.8 Å². The highest BCUT2D eigenvalue weighted by atomic mass is 35.5. The number of fused-ring (bicyclic) bond motifs is 6. The van der Waals surface area contributed by atoms with Gasteiger partial charge in [0.15, 0.2) is 0 Å². The first-order chi connectivity index (χ1) is 13.4. The summed E-state index contributed by atoms with van der Waals surface area (Å²) in [5, 5.41) is 0.943. The Labute approximate surface area is 175 Å². The maximum absolute atomic E-state index is 9.83. The molecule has 8 heteroatoms. The van der Waals surface area contributed by atoms with Crippen LogP contribution in [0.25, 0.3) is 11.1 Å². The fraction of sp³-hybridized carbons (Fsp3) is 0.400. The van der Waals surface area contributed by atoms with Crippen molar-refractivity contribution in [2.75, 3.05) is 14.2 Å². The Morgan fingerprint density at radius 3 is 2.25 bits per heavy atom. The SMILES string of the molecule is COc1c(Cl)ccc2c1-c1c(ccc(Cl)c1OC)[C@@]1(OP(O)O)CCCCC21. The van der Waals surface area contributed by atoms with Crippen molar-refractivity contribution in [2.45, 2.75) is 37.2 Å². The monoisotopic (exact) mass is 442 g/mol. The van der Waals surface area contributed by atoms with E-state index in [1.165, 1.54) is 0 Å². The first-order valence-electron chi connectivity index (χ1n) is 9.05. The summed E-state index contributed by atoms with van der Waals surface area (Å²) in [6, 6.07) is 7.42. The van der Waals surface area contributed by atoms with Crippen LogP contribution in [0.4, 0.5) is 0 Å². The normalized spacial score (nSPS) is 23.0. The van der Waals surface area contributed by atoms with Crippen molar-refractivity contribution in [2.24, 2.45) is 0 Å². The fourth-order valence-corrected chi connectivity index (χ4v) is 5.93. The lowest BCUT2D eigenvalue weighted by Gasteiger charge is -2.49. The van der Waals surface area contributed by atoms with E-state index < -0.39 is 14.2 Å². The molecule has 2 aromatic rings. The Morgan fingerprint density at radius 2 is 1.61 bits per heavy atom. The van der Waals surface area contributed by atoms with Gasteiger partial charge < -0.3 is 23.8 Å². The van der Waals surface area contributed by atoms with Crippen molar-refractivity contribution < 1.29 is 23.8 Å². The fourth-order valence-electron chi connectivity index (χ4n) is 4.85. The first kappa shape index (κ1) is 20.2. The van der Waals surface area contributed by atoms with Gasteiger partial charge in [-0.1, -0.05) is 48.2 Å². The van der Waals surface area contributed by atoms with Crippen LogP contribution in [-0.2, 0) is 10.1 Å². The molecule has 0 bridgehead atoms. The van der Waals surface area contributed by atoms with Gasteiger partial charge in [0.1, 0.15) is 17.1 Å². The summed E-state index contributed by atoms with van der Waals surface area (Å²) in [5.41, 5.74) is 2.51. The minimum Gasteiger partial charge on any atom is -0.495 e. The van der Waals surface area contributed by atoms with Crippen molar-refractivity contribution in [3.63, 3.8) is 0 Å². The van der Waals surface area contributed by atoms with Gasteiger partial charge in [0.25, 0.3) is 0 Å². The first-order valence-corrected chi connectivity index (χ1v) is 11.0. The molecule has 2 aromatic carbocycles. The molecule has 2 aliphatic carbocycles. The second-order valence-corrected chi connectivity index (χ2v) is 8.58. The van der Waals surface area contributed by atoms with Crippen LogP contribution < -0.4 is 9.47 Å². The lowest BCUT2D eigenvalue weighted by molar-refractivity contribution is -0.00748. The third kappa shape index (κ3) is 2.92. The molecule has 0 radical (unpaired) electrons. The summed E-state index contributed by atoms with van der Waals surface area (Å²) >= 11 is 12.9. The standard InChI is InChI=1S/C20H21Cl2O5P/c1-25-18-14(21)8-6-11-12-5-3-4-10-20(12,27-28(23)24)13-7-9-15(22)19(26-2)17(13)16(11)18/h6-9,12,23-24H,3-5,10H2,1-2H3/t12?,20-/m1/s1. The number of hydrogen-bond donors (Lipinski definition) is 2. The van der Waals surface area contributed by atoms with E-state index in [-0.39, 0.29) is 5.92 Å². The molecular weight excluding hydrogens is 422 g/mol. The summed E-state index contributed by atoms with van der Waals surface area (Å²) < 4.78 is 17.2. The molecule has 2 N–H and O–H groups in total. The van der Waals surface area contributed by atoms with Crippen LogP contribution in [0, 0.1) is 0 Å². The van der Waals surface area contributed by atoms with E-state index in [1.54, 1.807) is 26.4 Å². The van der Waals surface area contributed by atoms with Crippen LogP contribution in [0.1, 0.15) is 42.7 Å². The molecule has 150 valence electrons. The highest BCUT2D eigenvalue weighted by molar-refractivity contribution is 7.39. The van der Waals surface area contributed by atoms with E-state index in [4.69, 9.17) is 37.2 Å². The molecule has 0 amide bonds. The van der Waals surface area contributed by atoms with Crippen molar-refractivity contribution >= 4 is 31.8 Å². The Hall–Kier alpha value is -1.07. The smallest absolute Gasteiger partial charge is 0.327 e. The summed E-state index contributed by atoms with van der Waals surface area (Å²) in [5.74, 6) is 0.980. The highest BCUT2D eigenvalue weighted by Crippen LogP contribution is 2.64. The highest BCUT2D eigenvalue weighted by Gasteiger charge is 2.52. The van der Waals surface area contributed by atoms with Crippen LogP contribution in [-0.4, -0.2) is 24.0 Å². The molecular formula is C20H21Cl2O5P. The van der Waals surface area contributed by atoms with E-state index >= 15 is 0 Å². The van der Waals surface area contributed by atoms with Crippen LogP contribution in [0.3, 0.4) is 0 Å². The van der Waals surface area contributed by atoms with E-state index in [9.17, 15) is 9.79 Å².